The monoisotopic (exact) mass is 946 g/mol. The van der Waals surface area contributed by atoms with E-state index in [2.05, 4.69) is 292 Å². The molecule has 352 valence electrons. The van der Waals surface area contributed by atoms with Crippen LogP contribution in [0.4, 0.5) is 17.1 Å². The maximum Gasteiger partial charge on any atom is 0.0736 e. The molecule has 2 aliphatic carbocycles. The van der Waals surface area contributed by atoms with Crippen molar-refractivity contribution in [3.05, 3.63) is 299 Å². The van der Waals surface area contributed by atoms with E-state index in [0.717, 1.165) is 17.1 Å². The molecule has 0 spiro atoms. The molecular formula is C72H54N2. The summed E-state index contributed by atoms with van der Waals surface area (Å²) in [4.78, 5) is 2.42. The minimum Gasteiger partial charge on any atom is -0.310 e. The molecule has 74 heavy (non-hydrogen) atoms. The van der Waals surface area contributed by atoms with Gasteiger partial charge in [-0.05, 0) is 152 Å². The second-order valence-corrected chi connectivity index (χ2v) is 21.0. The van der Waals surface area contributed by atoms with Crippen molar-refractivity contribution in [3.8, 4) is 50.2 Å². The molecule has 1 heterocycles. The Kier molecular flexibility index (Phi) is 9.94. The Morgan fingerprint density at radius 3 is 1.59 bits per heavy atom. The first-order chi connectivity index (χ1) is 36.3. The van der Waals surface area contributed by atoms with Crippen LogP contribution < -0.4 is 4.90 Å². The number of fused-ring (bicyclic) bond motifs is 9. The Balaban J connectivity index is 0.910. The van der Waals surface area contributed by atoms with E-state index in [1.54, 1.807) is 0 Å². The van der Waals surface area contributed by atoms with E-state index >= 15 is 0 Å². The lowest BCUT2D eigenvalue weighted by Gasteiger charge is -2.36. The van der Waals surface area contributed by atoms with Gasteiger partial charge < -0.3 is 9.47 Å². The van der Waals surface area contributed by atoms with Gasteiger partial charge in [0.1, 0.15) is 0 Å². The molecule has 1 aromatic heterocycles. The van der Waals surface area contributed by atoms with Crippen LogP contribution in [-0.2, 0) is 10.8 Å². The summed E-state index contributed by atoms with van der Waals surface area (Å²) in [6.45, 7) is 9.26. The summed E-state index contributed by atoms with van der Waals surface area (Å²) in [6, 6.07) is 95.0. The van der Waals surface area contributed by atoms with Crippen LogP contribution in [0.2, 0.25) is 0 Å². The van der Waals surface area contributed by atoms with Gasteiger partial charge in [0.2, 0.25) is 0 Å². The third-order valence-corrected chi connectivity index (χ3v) is 16.4. The second-order valence-electron chi connectivity index (χ2n) is 21.0. The summed E-state index contributed by atoms with van der Waals surface area (Å²) in [7, 11) is 0. The van der Waals surface area contributed by atoms with Gasteiger partial charge in [-0.1, -0.05) is 214 Å². The molecular weight excluding hydrogens is 893 g/mol. The molecule has 0 saturated heterocycles. The summed E-state index contributed by atoms with van der Waals surface area (Å²) in [5.74, 6) is 0. The van der Waals surface area contributed by atoms with E-state index in [0.29, 0.717) is 0 Å². The van der Waals surface area contributed by atoms with E-state index in [1.807, 2.05) is 0 Å². The fourth-order valence-corrected chi connectivity index (χ4v) is 13.2. The molecule has 2 nitrogen and oxygen atoms in total. The molecule has 0 amide bonds. The Morgan fingerprint density at radius 1 is 0.351 bits per heavy atom. The molecule has 0 saturated carbocycles. The Hall–Kier alpha value is -8.98. The van der Waals surface area contributed by atoms with E-state index in [1.165, 1.54) is 117 Å². The van der Waals surface area contributed by atoms with E-state index in [-0.39, 0.29) is 5.41 Å². The molecule has 2 aliphatic rings. The highest BCUT2D eigenvalue weighted by molar-refractivity contribution is 6.11. The predicted molar refractivity (Wildman–Crippen MR) is 311 cm³/mol. The number of aromatic nitrogens is 1. The van der Waals surface area contributed by atoms with E-state index in [4.69, 9.17) is 0 Å². The molecule has 0 unspecified atom stereocenters. The number of hydrogen-bond acceptors (Lipinski definition) is 1. The first-order valence-corrected chi connectivity index (χ1v) is 26.0. The number of anilines is 3. The lowest BCUT2D eigenvalue weighted by molar-refractivity contribution is 0.660. The van der Waals surface area contributed by atoms with Gasteiger partial charge in [-0.15, -0.1) is 0 Å². The molecule has 14 rings (SSSR count). The van der Waals surface area contributed by atoms with Gasteiger partial charge in [0.05, 0.1) is 22.1 Å². The predicted octanol–water partition coefficient (Wildman–Crippen LogP) is 18.9. The van der Waals surface area contributed by atoms with Crippen molar-refractivity contribution in [2.45, 2.75) is 38.5 Å². The van der Waals surface area contributed by atoms with Gasteiger partial charge in [0.15, 0.2) is 0 Å². The summed E-state index contributed by atoms with van der Waals surface area (Å²) >= 11 is 0. The zero-order chi connectivity index (χ0) is 49.7. The zero-order valence-electron chi connectivity index (χ0n) is 42.1. The molecule has 2 heteroatoms. The first-order valence-electron chi connectivity index (χ1n) is 26.0. The molecule has 11 aromatic carbocycles. The van der Waals surface area contributed by atoms with Crippen molar-refractivity contribution in [2.75, 3.05) is 4.90 Å². The van der Waals surface area contributed by atoms with Crippen LogP contribution in [0.1, 0.15) is 58.4 Å². The van der Waals surface area contributed by atoms with Crippen LogP contribution in [0.5, 0.6) is 0 Å². The van der Waals surface area contributed by atoms with Crippen LogP contribution in [0.25, 0.3) is 72.0 Å². The Bertz CT molecular complexity index is 4100. The quantitative estimate of drug-likeness (QED) is 0.147. The van der Waals surface area contributed by atoms with Crippen LogP contribution in [0.3, 0.4) is 0 Å². The fourth-order valence-electron chi connectivity index (χ4n) is 13.2. The number of nitrogens with zero attached hydrogens (tertiary/aromatic N) is 2. The summed E-state index contributed by atoms with van der Waals surface area (Å²) in [6.07, 6.45) is 0. The van der Waals surface area contributed by atoms with Crippen LogP contribution in [0, 0.1) is 13.8 Å². The lowest BCUT2D eigenvalue weighted by atomic mass is 9.66. The van der Waals surface area contributed by atoms with Crippen molar-refractivity contribution in [3.63, 3.8) is 0 Å². The molecule has 0 aliphatic heterocycles. The van der Waals surface area contributed by atoms with E-state index < -0.39 is 5.41 Å². The molecule has 0 fully saturated rings. The molecule has 0 radical (unpaired) electrons. The average molecular weight is 947 g/mol. The highest BCUT2D eigenvalue weighted by Gasteiger charge is 2.49. The number of aryl methyl sites for hydroxylation is 2. The van der Waals surface area contributed by atoms with Gasteiger partial charge in [0.25, 0.3) is 0 Å². The smallest absolute Gasteiger partial charge is 0.0736 e. The third-order valence-electron chi connectivity index (χ3n) is 16.4. The summed E-state index contributed by atoms with van der Waals surface area (Å²) in [5, 5.41) is 2.46. The molecule has 0 bridgehead atoms. The number of para-hydroxylation sites is 1. The standard InChI is InChI=1S/C72H54N2/c1-47-43-48(2)69-63(44-47)61-27-18-30-68(70(61)72(69,53-21-10-6-11-22-53)54-23-12-7-13-24-54)74-66-29-17-15-26-60(66)62-45-52(35-42-67(62)74)51-33-38-56(39-34-51)73(55-36-31-50(32-37-55)49-19-8-5-9-20-49)57-40-41-59-58-25-14-16-28-64(58)71(3,4)65(59)46-57/h5-46H,1-4H3. The van der Waals surface area contributed by atoms with E-state index in [9.17, 15) is 0 Å². The van der Waals surface area contributed by atoms with Crippen molar-refractivity contribution in [1.82, 2.24) is 4.57 Å². The van der Waals surface area contributed by atoms with Crippen LogP contribution in [-0.4, -0.2) is 4.57 Å². The zero-order valence-corrected chi connectivity index (χ0v) is 42.1. The maximum atomic E-state index is 2.54. The van der Waals surface area contributed by atoms with Crippen LogP contribution >= 0.6 is 0 Å². The highest BCUT2D eigenvalue weighted by Crippen LogP contribution is 2.60. The largest absolute Gasteiger partial charge is 0.310 e. The minimum absolute atomic E-state index is 0.118. The average Bonchev–Trinajstić information content (AvgIpc) is 4.16. The first kappa shape index (κ1) is 43.8. The molecule has 12 aromatic rings. The SMILES string of the molecule is Cc1cc(C)c2c(c1)-c1cccc(-n3c4ccccc4c4cc(-c5ccc(N(c6ccc(-c7ccccc7)cc6)c6ccc7c(c6)C(C)(C)c6ccccc6-7)cc5)ccc43)c1C2(c1ccccc1)c1ccccc1. The van der Waals surface area contributed by atoms with Crippen molar-refractivity contribution >= 4 is 38.9 Å². The Morgan fingerprint density at radius 2 is 0.892 bits per heavy atom. The Labute approximate surface area is 434 Å². The normalized spacial score (nSPS) is 13.6. The van der Waals surface area contributed by atoms with Crippen molar-refractivity contribution in [1.29, 1.82) is 0 Å². The topological polar surface area (TPSA) is 8.17 Å². The minimum atomic E-state index is -0.556. The number of hydrogen-bond donors (Lipinski definition) is 0. The van der Waals surface area contributed by atoms with Gasteiger partial charge in [-0.25, -0.2) is 0 Å². The second kappa shape index (κ2) is 16.8. The van der Waals surface area contributed by atoms with Gasteiger partial charge in [-0.2, -0.15) is 0 Å². The van der Waals surface area contributed by atoms with Crippen molar-refractivity contribution < 1.29 is 0 Å². The third kappa shape index (κ3) is 6.51. The van der Waals surface area contributed by atoms with Crippen molar-refractivity contribution in [2.24, 2.45) is 0 Å². The molecule has 0 atom stereocenters. The lowest BCUT2D eigenvalue weighted by Crippen LogP contribution is -2.30. The number of rotatable bonds is 8. The fraction of sp³-hybridized carbons (Fsp3) is 0.0833. The maximum absolute atomic E-state index is 2.54. The van der Waals surface area contributed by atoms with Gasteiger partial charge in [-0.3, -0.25) is 0 Å². The van der Waals surface area contributed by atoms with Gasteiger partial charge >= 0.3 is 0 Å². The summed E-state index contributed by atoms with van der Waals surface area (Å²) < 4.78 is 2.54. The van der Waals surface area contributed by atoms with Gasteiger partial charge in [0, 0.05) is 38.8 Å². The summed E-state index contributed by atoms with van der Waals surface area (Å²) in [5.41, 5.74) is 26.8. The number of benzene rings is 11. The van der Waals surface area contributed by atoms with Crippen LogP contribution in [0.15, 0.2) is 255 Å². The highest BCUT2D eigenvalue weighted by atomic mass is 15.1. The molecule has 0 N–H and O–H groups in total.